The summed E-state index contributed by atoms with van der Waals surface area (Å²) in [6.45, 7) is 0.712. The van der Waals surface area contributed by atoms with Crippen LogP contribution in [0.3, 0.4) is 0 Å². The molecule has 1 saturated heterocycles. The minimum absolute atomic E-state index is 0.0481. The lowest BCUT2D eigenvalue weighted by Gasteiger charge is -2.29. The maximum Gasteiger partial charge on any atom is 0.327 e. The number of rotatable bonds is 7. The standard InChI is InChI=1S/C22H24N4O5/c1-30-18-9-15-8-17-21(28)25(22(29)26(17)13-16(15)10-19(18)31-2)7-5-20(27)24-12-14-4-3-6-23-11-14/h3-4,6,9-11,17H,5,7-8,12-13H2,1-2H3,(H,24,27). The van der Waals surface area contributed by atoms with Gasteiger partial charge in [0.05, 0.1) is 14.2 Å². The topological polar surface area (TPSA) is 101 Å². The quantitative estimate of drug-likeness (QED) is 0.676. The first kappa shape index (κ1) is 20.6. The second-order valence-corrected chi connectivity index (χ2v) is 7.48. The molecule has 2 aromatic rings. The van der Waals surface area contributed by atoms with Crippen molar-refractivity contribution in [3.63, 3.8) is 0 Å². The van der Waals surface area contributed by atoms with Crippen LogP contribution in [0.15, 0.2) is 36.7 Å². The van der Waals surface area contributed by atoms with Crippen LogP contribution in [-0.4, -0.2) is 59.4 Å². The molecule has 1 N–H and O–H groups in total. The summed E-state index contributed by atoms with van der Waals surface area (Å²) < 4.78 is 10.7. The molecule has 1 aromatic heterocycles. The minimum atomic E-state index is -0.559. The number of benzene rings is 1. The maximum atomic E-state index is 12.9. The zero-order valence-corrected chi connectivity index (χ0v) is 17.5. The van der Waals surface area contributed by atoms with Gasteiger partial charge in [-0.2, -0.15) is 0 Å². The van der Waals surface area contributed by atoms with Crippen LogP contribution >= 0.6 is 0 Å². The molecule has 4 rings (SSSR count). The number of imide groups is 1. The van der Waals surface area contributed by atoms with E-state index in [1.54, 1.807) is 37.6 Å². The number of nitrogens with one attached hydrogen (secondary N) is 1. The van der Waals surface area contributed by atoms with Crippen molar-refractivity contribution in [2.75, 3.05) is 20.8 Å². The summed E-state index contributed by atoms with van der Waals surface area (Å²) in [6.07, 6.45) is 3.79. The molecular weight excluding hydrogens is 400 g/mol. The molecule has 3 heterocycles. The molecule has 4 amide bonds. The van der Waals surface area contributed by atoms with Crippen LogP contribution in [0.2, 0.25) is 0 Å². The summed E-state index contributed by atoms with van der Waals surface area (Å²) in [5, 5.41) is 2.79. The number of carbonyl (C=O) groups excluding carboxylic acids is 3. The third-order valence-corrected chi connectivity index (χ3v) is 5.64. The molecule has 1 aromatic carbocycles. The lowest BCUT2D eigenvalue weighted by atomic mass is 9.94. The number of amides is 4. The van der Waals surface area contributed by atoms with Gasteiger partial charge in [-0.3, -0.25) is 19.5 Å². The van der Waals surface area contributed by atoms with Gasteiger partial charge in [0, 0.05) is 44.9 Å². The molecule has 2 aliphatic rings. The summed E-state index contributed by atoms with van der Waals surface area (Å²) >= 11 is 0. The molecule has 0 radical (unpaired) electrons. The second-order valence-electron chi connectivity index (χ2n) is 7.48. The Labute approximate surface area is 179 Å². The molecule has 1 fully saturated rings. The molecule has 31 heavy (non-hydrogen) atoms. The normalized spacial score (nSPS) is 17.3. The average molecular weight is 424 g/mol. The zero-order valence-electron chi connectivity index (χ0n) is 17.5. The summed E-state index contributed by atoms with van der Waals surface area (Å²) in [5.74, 6) is 0.672. The van der Waals surface area contributed by atoms with Gasteiger partial charge >= 0.3 is 6.03 Å². The number of ether oxygens (including phenoxy) is 2. The van der Waals surface area contributed by atoms with Gasteiger partial charge < -0.3 is 19.7 Å². The summed E-state index contributed by atoms with van der Waals surface area (Å²) in [6, 6.07) is 6.43. The van der Waals surface area contributed by atoms with Crippen LogP contribution in [0.25, 0.3) is 0 Å². The van der Waals surface area contributed by atoms with Gasteiger partial charge in [-0.15, -0.1) is 0 Å². The Balaban J connectivity index is 1.39. The molecule has 2 aliphatic heterocycles. The number of urea groups is 1. The van der Waals surface area contributed by atoms with Crippen molar-refractivity contribution in [3.8, 4) is 11.5 Å². The van der Waals surface area contributed by atoms with Crippen LogP contribution in [0.4, 0.5) is 4.79 Å². The molecule has 0 bridgehead atoms. The first-order valence-electron chi connectivity index (χ1n) is 10.0. The molecule has 9 heteroatoms. The van der Waals surface area contributed by atoms with Gasteiger partial charge in [-0.1, -0.05) is 6.07 Å². The Morgan fingerprint density at radius 3 is 2.61 bits per heavy atom. The Hall–Kier alpha value is -3.62. The van der Waals surface area contributed by atoms with E-state index in [4.69, 9.17) is 9.47 Å². The predicted octanol–water partition coefficient (Wildman–Crippen LogP) is 1.49. The van der Waals surface area contributed by atoms with Crippen molar-refractivity contribution in [3.05, 3.63) is 53.3 Å². The van der Waals surface area contributed by atoms with E-state index in [1.807, 2.05) is 18.2 Å². The number of fused-ring (bicyclic) bond motifs is 2. The van der Waals surface area contributed by atoms with Gasteiger partial charge in [-0.25, -0.2) is 4.79 Å². The minimum Gasteiger partial charge on any atom is -0.493 e. The SMILES string of the molecule is COc1cc2c(cc1OC)CN1C(=O)N(CCC(=O)NCc3cccnc3)C(=O)C1C2. The van der Waals surface area contributed by atoms with Gasteiger partial charge in [0.15, 0.2) is 11.5 Å². The number of pyridine rings is 1. The number of methoxy groups -OCH3 is 2. The van der Waals surface area contributed by atoms with Gasteiger partial charge in [0.1, 0.15) is 6.04 Å². The van der Waals surface area contributed by atoms with E-state index < -0.39 is 6.04 Å². The Morgan fingerprint density at radius 1 is 1.19 bits per heavy atom. The third-order valence-electron chi connectivity index (χ3n) is 5.64. The summed E-state index contributed by atoms with van der Waals surface area (Å²) in [5.41, 5.74) is 2.76. The van der Waals surface area contributed by atoms with E-state index in [9.17, 15) is 14.4 Å². The van der Waals surface area contributed by atoms with Crippen molar-refractivity contribution in [1.82, 2.24) is 20.1 Å². The number of aromatic nitrogens is 1. The first-order chi connectivity index (χ1) is 15.0. The molecule has 162 valence electrons. The molecule has 0 aliphatic carbocycles. The fourth-order valence-electron chi connectivity index (χ4n) is 3.97. The van der Waals surface area contributed by atoms with Crippen LogP contribution < -0.4 is 14.8 Å². The summed E-state index contributed by atoms with van der Waals surface area (Å²) in [4.78, 5) is 44.7. The van der Waals surface area contributed by atoms with Gasteiger partial charge in [-0.05, 0) is 34.9 Å². The molecule has 1 atom stereocenters. The zero-order chi connectivity index (χ0) is 22.0. The number of carbonyl (C=O) groups is 3. The molecule has 0 spiro atoms. The Morgan fingerprint density at radius 2 is 1.94 bits per heavy atom. The number of nitrogens with zero attached hydrogens (tertiary/aromatic N) is 3. The Bertz CT molecular complexity index is 959. The molecular formula is C22H24N4O5. The van der Waals surface area contributed by atoms with E-state index in [0.29, 0.717) is 31.0 Å². The highest BCUT2D eigenvalue weighted by atomic mass is 16.5. The lowest BCUT2D eigenvalue weighted by molar-refractivity contribution is -0.129. The van der Waals surface area contributed by atoms with Gasteiger partial charge in [0.25, 0.3) is 5.91 Å². The highest BCUT2D eigenvalue weighted by Crippen LogP contribution is 2.37. The molecule has 9 nitrogen and oxygen atoms in total. The lowest BCUT2D eigenvalue weighted by Crippen LogP contribution is -2.40. The monoisotopic (exact) mass is 424 g/mol. The van der Waals surface area contributed by atoms with Crippen LogP contribution in [0.1, 0.15) is 23.1 Å². The second kappa shape index (κ2) is 8.63. The predicted molar refractivity (Wildman–Crippen MR) is 110 cm³/mol. The van der Waals surface area contributed by atoms with Crippen LogP contribution in [0.5, 0.6) is 11.5 Å². The third kappa shape index (κ3) is 4.03. The summed E-state index contributed by atoms with van der Waals surface area (Å²) in [7, 11) is 3.12. The number of hydrogen-bond donors (Lipinski definition) is 1. The van der Waals surface area contributed by atoms with E-state index in [2.05, 4.69) is 10.3 Å². The molecule has 0 saturated carbocycles. The largest absolute Gasteiger partial charge is 0.493 e. The van der Waals surface area contributed by atoms with E-state index in [-0.39, 0.29) is 30.8 Å². The van der Waals surface area contributed by atoms with E-state index in [0.717, 1.165) is 16.7 Å². The van der Waals surface area contributed by atoms with Crippen LogP contribution in [-0.2, 0) is 29.1 Å². The molecule has 1 unspecified atom stereocenters. The average Bonchev–Trinajstić information content (AvgIpc) is 3.03. The van der Waals surface area contributed by atoms with Crippen molar-refractivity contribution < 1.29 is 23.9 Å². The van der Waals surface area contributed by atoms with E-state index in [1.165, 1.54) is 4.90 Å². The van der Waals surface area contributed by atoms with Crippen LogP contribution in [0, 0.1) is 0 Å². The fourth-order valence-corrected chi connectivity index (χ4v) is 3.97. The van der Waals surface area contributed by atoms with Crippen molar-refractivity contribution in [2.45, 2.75) is 32.0 Å². The van der Waals surface area contributed by atoms with E-state index >= 15 is 0 Å². The van der Waals surface area contributed by atoms with Crippen molar-refractivity contribution in [2.24, 2.45) is 0 Å². The highest BCUT2D eigenvalue weighted by molar-refractivity contribution is 6.05. The highest BCUT2D eigenvalue weighted by Gasteiger charge is 2.47. The Kier molecular flexibility index (Phi) is 5.75. The smallest absolute Gasteiger partial charge is 0.327 e. The van der Waals surface area contributed by atoms with Crippen molar-refractivity contribution in [1.29, 1.82) is 0 Å². The first-order valence-corrected chi connectivity index (χ1v) is 10.0. The van der Waals surface area contributed by atoms with Crippen molar-refractivity contribution >= 4 is 17.8 Å². The fraction of sp³-hybridized carbons (Fsp3) is 0.364. The maximum absolute atomic E-state index is 12.9. The van der Waals surface area contributed by atoms with Gasteiger partial charge in [0.2, 0.25) is 5.91 Å². The number of hydrogen-bond acceptors (Lipinski definition) is 6.